The van der Waals surface area contributed by atoms with E-state index in [1.54, 1.807) is 0 Å². The van der Waals surface area contributed by atoms with E-state index >= 15 is 0 Å². The Labute approximate surface area is 101 Å². The van der Waals surface area contributed by atoms with Gasteiger partial charge in [0.2, 0.25) is 0 Å². The van der Waals surface area contributed by atoms with E-state index in [4.69, 9.17) is 13.5 Å². The van der Waals surface area contributed by atoms with Crippen LogP contribution in [0.2, 0.25) is 0 Å². The Morgan fingerprint density at radius 3 is 1.56 bits per heavy atom. The molecular formula is C9H25N3P4. The van der Waals surface area contributed by atoms with Gasteiger partial charge in [0.25, 0.3) is 0 Å². The molecule has 0 amide bonds. The minimum absolute atomic E-state index is 1.28. The van der Waals surface area contributed by atoms with E-state index in [0.717, 1.165) is 0 Å². The molecule has 1 aliphatic heterocycles. The van der Waals surface area contributed by atoms with Crippen LogP contribution in [0.25, 0.3) is 0 Å². The maximum atomic E-state index is 5.09. The molecule has 0 atom stereocenters. The standard InChI is InChI=1S/C9H25N3P4/c1-13(2)9-14(3,4)11-16(7,8)12-15(5,6)10-13/h9H,1-8H3. The SMILES string of the molecule is CP1(C)=CP(C)(C)=NP(C)(C)=NP(C)(C)=N1. The van der Waals surface area contributed by atoms with Crippen molar-refractivity contribution in [3.63, 3.8) is 0 Å². The van der Waals surface area contributed by atoms with Crippen molar-refractivity contribution in [2.24, 2.45) is 13.5 Å². The van der Waals surface area contributed by atoms with Gasteiger partial charge < -0.3 is 0 Å². The lowest BCUT2D eigenvalue weighted by atomic mass is 11.8. The topological polar surface area (TPSA) is 37.1 Å². The summed E-state index contributed by atoms with van der Waals surface area (Å²) in [5.74, 6) is 0. The summed E-state index contributed by atoms with van der Waals surface area (Å²) in [4.78, 5) is 0. The highest BCUT2D eigenvalue weighted by molar-refractivity contribution is 7.99. The van der Waals surface area contributed by atoms with Gasteiger partial charge in [-0.2, -0.15) is 0 Å². The van der Waals surface area contributed by atoms with Crippen molar-refractivity contribution in [3.05, 3.63) is 0 Å². The lowest BCUT2D eigenvalue weighted by Gasteiger charge is -2.26. The van der Waals surface area contributed by atoms with Crippen LogP contribution in [0, 0.1) is 0 Å². The third kappa shape index (κ3) is 4.70. The first kappa shape index (κ1) is 15.0. The van der Waals surface area contributed by atoms with Gasteiger partial charge in [-0.1, -0.05) is 0 Å². The molecule has 96 valence electrons. The molecule has 0 radical (unpaired) electrons. The third-order valence-electron chi connectivity index (χ3n) is 1.90. The first-order chi connectivity index (χ1) is 6.83. The molecule has 1 aliphatic rings. The van der Waals surface area contributed by atoms with Gasteiger partial charge in [-0.15, -0.1) is 0 Å². The highest BCUT2D eigenvalue weighted by Gasteiger charge is 2.19. The van der Waals surface area contributed by atoms with Gasteiger partial charge in [-0.05, 0) is 72.9 Å². The van der Waals surface area contributed by atoms with Crippen LogP contribution in [0.4, 0.5) is 0 Å². The third-order valence-corrected chi connectivity index (χ3v) is 17.1. The fourth-order valence-electron chi connectivity index (χ4n) is 2.44. The summed E-state index contributed by atoms with van der Waals surface area (Å²) >= 11 is 0. The van der Waals surface area contributed by atoms with E-state index in [9.17, 15) is 0 Å². The molecule has 0 saturated heterocycles. The fourth-order valence-corrected chi connectivity index (χ4v) is 23.4. The molecule has 0 aliphatic carbocycles. The maximum absolute atomic E-state index is 5.09. The largest absolute Gasteiger partial charge is 0.260 e. The molecule has 0 unspecified atom stereocenters. The molecule has 0 aromatic rings. The van der Waals surface area contributed by atoms with E-state index in [2.05, 4.69) is 58.9 Å². The molecule has 0 N–H and O–H groups in total. The zero-order valence-electron chi connectivity index (χ0n) is 11.7. The Balaban J connectivity index is 3.67. The molecule has 0 fully saturated rings. The summed E-state index contributed by atoms with van der Waals surface area (Å²) in [7, 11) is -5.49. The molecule has 7 heteroatoms. The molecule has 0 aromatic carbocycles. The number of nitrogens with zero attached hydrogens (tertiary/aromatic N) is 3. The minimum Gasteiger partial charge on any atom is -0.260 e. The van der Waals surface area contributed by atoms with Crippen molar-refractivity contribution in [2.75, 3.05) is 53.3 Å². The van der Waals surface area contributed by atoms with Gasteiger partial charge in [-0.25, -0.2) is 4.52 Å². The summed E-state index contributed by atoms with van der Waals surface area (Å²) in [5, 5.41) is 0. The number of hydrogen-bond donors (Lipinski definition) is 0. The minimum atomic E-state index is -1.47. The van der Waals surface area contributed by atoms with E-state index < -0.39 is 28.5 Å². The van der Waals surface area contributed by atoms with Crippen LogP contribution in [0.5, 0.6) is 0 Å². The van der Waals surface area contributed by atoms with E-state index in [1.165, 1.54) is 0 Å². The van der Waals surface area contributed by atoms with Crippen molar-refractivity contribution in [1.82, 2.24) is 0 Å². The average Bonchev–Trinajstić information content (AvgIpc) is 1.67. The highest BCUT2D eigenvalue weighted by Crippen LogP contribution is 2.69. The maximum Gasteiger partial charge on any atom is 0.0731 e. The monoisotopic (exact) mass is 299 g/mol. The first-order valence-corrected chi connectivity index (χ1v) is 15.9. The molecular weight excluding hydrogens is 274 g/mol. The molecule has 3 nitrogen and oxygen atoms in total. The first-order valence-electron chi connectivity index (χ1n) is 5.29. The molecule has 1 heterocycles. The van der Waals surface area contributed by atoms with Crippen LogP contribution >= 0.6 is 28.5 Å². The van der Waals surface area contributed by atoms with Crippen molar-refractivity contribution in [2.45, 2.75) is 0 Å². The zero-order chi connectivity index (χ0) is 12.8. The van der Waals surface area contributed by atoms with Crippen molar-refractivity contribution < 1.29 is 0 Å². The Hall–Kier alpha value is 0.990. The molecule has 0 spiro atoms. The second-order valence-electron chi connectivity index (χ2n) is 6.02. The lowest BCUT2D eigenvalue weighted by Crippen LogP contribution is -1.87. The van der Waals surface area contributed by atoms with Gasteiger partial charge in [0.1, 0.15) is 0 Å². The molecule has 1 rings (SSSR count). The smallest absolute Gasteiger partial charge is 0.0731 e. The van der Waals surface area contributed by atoms with E-state index in [-0.39, 0.29) is 0 Å². The van der Waals surface area contributed by atoms with Gasteiger partial charge in [-0.3, -0.25) is 9.03 Å². The Kier molecular flexibility index (Phi) is 4.02. The van der Waals surface area contributed by atoms with Gasteiger partial charge in [0.15, 0.2) is 0 Å². The van der Waals surface area contributed by atoms with E-state index in [1.807, 2.05) is 0 Å². The van der Waals surface area contributed by atoms with Crippen LogP contribution in [0.3, 0.4) is 0 Å². The summed E-state index contributed by atoms with van der Waals surface area (Å²) in [6, 6.07) is 0. The van der Waals surface area contributed by atoms with Crippen LogP contribution in [0.15, 0.2) is 13.5 Å². The molecule has 16 heavy (non-hydrogen) atoms. The van der Waals surface area contributed by atoms with Gasteiger partial charge in [0.05, 0.1) is 14.4 Å². The predicted octanol–water partition coefficient (Wildman–Crippen LogP) is 5.16. The lowest BCUT2D eigenvalue weighted by molar-refractivity contribution is 1.68. The van der Waals surface area contributed by atoms with Crippen LogP contribution in [0.1, 0.15) is 0 Å². The van der Waals surface area contributed by atoms with E-state index in [0.29, 0.717) is 0 Å². The summed E-state index contributed by atoms with van der Waals surface area (Å²) in [6.45, 7) is 18.0. The van der Waals surface area contributed by atoms with Crippen molar-refractivity contribution >= 4 is 34.0 Å². The molecule has 0 saturated carbocycles. The van der Waals surface area contributed by atoms with Gasteiger partial charge in [0, 0.05) is 0 Å². The van der Waals surface area contributed by atoms with Crippen LogP contribution in [-0.2, 0) is 0 Å². The van der Waals surface area contributed by atoms with Crippen LogP contribution in [-0.4, -0.2) is 58.9 Å². The van der Waals surface area contributed by atoms with Crippen molar-refractivity contribution in [3.8, 4) is 0 Å². The quantitative estimate of drug-likeness (QED) is 0.554. The molecule has 0 bridgehead atoms. The normalized spacial score (nSPS) is 29.5. The second-order valence-corrected chi connectivity index (χ2v) is 20.3. The number of rotatable bonds is 0. The second kappa shape index (κ2) is 4.28. The Morgan fingerprint density at radius 1 is 0.625 bits per heavy atom. The summed E-state index contributed by atoms with van der Waals surface area (Å²) < 4.78 is 15.2. The van der Waals surface area contributed by atoms with Gasteiger partial charge >= 0.3 is 0 Å². The molecule has 0 aromatic heterocycles. The predicted molar refractivity (Wildman–Crippen MR) is 88.4 cm³/mol. The Bertz CT molecular complexity index is 385. The summed E-state index contributed by atoms with van der Waals surface area (Å²) in [6.07, 6.45) is 0. The highest BCUT2D eigenvalue weighted by atomic mass is 31.2. The fraction of sp³-hybridized carbons (Fsp3) is 0.889. The average molecular weight is 299 g/mol. The summed E-state index contributed by atoms with van der Waals surface area (Å²) in [5.41, 5.74) is 2.48. The number of hydrogen-bond acceptors (Lipinski definition) is 3. The van der Waals surface area contributed by atoms with Crippen molar-refractivity contribution in [1.29, 1.82) is 0 Å². The zero-order valence-corrected chi connectivity index (χ0v) is 15.3. The Morgan fingerprint density at radius 2 is 1.06 bits per heavy atom. The van der Waals surface area contributed by atoms with Crippen LogP contribution < -0.4 is 0 Å².